The fourth-order valence-electron chi connectivity index (χ4n) is 2.87. The van der Waals surface area contributed by atoms with Gasteiger partial charge in [-0.2, -0.15) is 0 Å². The maximum atomic E-state index is 10.1. The van der Waals surface area contributed by atoms with Crippen molar-refractivity contribution in [1.82, 2.24) is 4.90 Å². The molecule has 4 nitrogen and oxygen atoms in total. The second-order valence-corrected chi connectivity index (χ2v) is 6.83. The maximum Gasteiger partial charge on any atom is 0.0667 e. The Morgan fingerprint density at radius 1 is 0.682 bits per heavy atom. The minimum Gasteiger partial charge on any atom is -0.392 e. The normalized spacial score (nSPS) is 16.0. The molecule has 0 aromatic rings. The Labute approximate surface area is 137 Å². The van der Waals surface area contributed by atoms with E-state index in [1.165, 1.54) is 44.9 Å². The highest BCUT2D eigenvalue weighted by molar-refractivity contribution is 4.69. The molecule has 0 rings (SSSR count). The number of aliphatic hydroxyl groups is 3. The van der Waals surface area contributed by atoms with Crippen molar-refractivity contribution in [3.63, 3.8) is 0 Å². The number of aliphatic hydroxyl groups excluding tert-OH is 3. The van der Waals surface area contributed by atoms with Gasteiger partial charge in [0, 0.05) is 19.6 Å². The Morgan fingerprint density at radius 2 is 1.14 bits per heavy atom. The molecule has 0 aliphatic rings. The van der Waals surface area contributed by atoms with Gasteiger partial charge in [0.1, 0.15) is 0 Å². The molecule has 0 saturated heterocycles. The van der Waals surface area contributed by atoms with Gasteiger partial charge in [0.25, 0.3) is 0 Å². The maximum absolute atomic E-state index is 10.1. The summed E-state index contributed by atoms with van der Waals surface area (Å²) in [6, 6.07) is 0. The van der Waals surface area contributed by atoms with E-state index < -0.39 is 12.2 Å². The molecule has 0 aliphatic heterocycles. The van der Waals surface area contributed by atoms with Crippen LogP contribution in [0, 0.1) is 0 Å². The average molecular weight is 318 g/mol. The van der Waals surface area contributed by atoms with Crippen LogP contribution < -0.4 is 0 Å². The van der Waals surface area contributed by atoms with Gasteiger partial charge in [-0.1, -0.05) is 58.3 Å². The third kappa shape index (κ3) is 14.8. The second kappa shape index (κ2) is 14.4. The minimum atomic E-state index is -0.436. The topological polar surface area (TPSA) is 63.9 Å². The molecule has 0 amide bonds. The molecule has 4 heteroatoms. The largest absolute Gasteiger partial charge is 0.392 e. The third-order valence-corrected chi connectivity index (χ3v) is 3.90. The van der Waals surface area contributed by atoms with Crippen LogP contribution in [0.15, 0.2) is 0 Å². The summed E-state index contributed by atoms with van der Waals surface area (Å²) in [6.45, 7) is 7.24. The molecule has 0 radical (unpaired) electrons. The first-order valence-electron chi connectivity index (χ1n) is 9.22. The summed E-state index contributed by atoms with van der Waals surface area (Å²) in [7, 11) is 0. The molecular weight excluding hydrogens is 278 g/mol. The first-order chi connectivity index (χ1) is 10.5. The minimum absolute atomic E-state index is 0.363. The molecule has 0 aromatic heterocycles. The van der Waals surface area contributed by atoms with Gasteiger partial charge < -0.3 is 15.3 Å². The highest BCUT2D eigenvalue weighted by Gasteiger charge is 2.15. The van der Waals surface area contributed by atoms with Gasteiger partial charge >= 0.3 is 0 Å². The van der Waals surface area contributed by atoms with E-state index >= 15 is 0 Å². The lowest BCUT2D eigenvalue weighted by Gasteiger charge is -2.27. The van der Waals surface area contributed by atoms with Crippen molar-refractivity contribution in [3.05, 3.63) is 0 Å². The summed E-state index contributed by atoms with van der Waals surface area (Å²) in [5.74, 6) is 0. The van der Waals surface area contributed by atoms with Crippen molar-refractivity contribution in [3.8, 4) is 0 Å². The van der Waals surface area contributed by atoms with E-state index in [-0.39, 0.29) is 6.10 Å². The zero-order chi connectivity index (χ0) is 16.8. The summed E-state index contributed by atoms with van der Waals surface area (Å²) in [4.78, 5) is 1.95. The fourth-order valence-corrected chi connectivity index (χ4v) is 2.87. The van der Waals surface area contributed by atoms with Crippen LogP contribution in [0.4, 0.5) is 0 Å². The van der Waals surface area contributed by atoms with Crippen molar-refractivity contribution in [2.75, 3.05) is 19.6 Å². The number of rotatable bonds is 15. The molecule has 0 saturated carbocycles. The van der Waals surface area contributed by atoms with Crippen LogP contribution >= 0.6 is 0 Å². The first-order valence-corrected chi connectivity index (χ1v) is 9.22. The molecule has 0 aromatic carbocycles. The standard InChI is InChI=1S/C18H39NO3/c1-4-5-6-7-8-9-10-11-12-18(22)15-19(13-16(2)20)14-17(3)21/h16-18,20-22H,4-15H2,1-3H3/t16-,17-,18+/m1/s1. The van der Waals surface area contributed by atoms with Crippen LogP contribution in [0.5, 0.6) is 0 Å². The zero-order valence-electron chi connectivity index (χ0n) is 15.0. The Hall–Kier alpha value is -0.160. The summed E-state index contributed by atoms with van der Waals surface area (Å²) < 4.78 is 0. The van der Waals surface area contributed by atoms with Crippen molar-refractivity contribution < 1.29 is 15.3 Å². The van der Waals surface area contributed by atoms with E-state index in [0.29, 0.717) is 19.6 Å². The number of unbranched alkanes of at least 4 members (excludes halogenated alkanes) is 7. The summed E-state index contributed by atoms with van der Waals surface area (Å²) >= 11 is 0. The van der Waals surface area contributed by atoms with Crippen LogP contribution in [0.2, 0.25) is 0 Å². The van der Waals surface area contributed by atoms with Gasteiger partial charge in [-0.3, -0.25) is 4.90 Å². The quantitative estimate of drug-likeness (QED) is 0.406. The number of hydrogen-bond donors (Lipinski definition) is 3. The summed E-state index contributed by atoms with van der Waals surface area (Å²) in [5, 5.41) is 29.1. The van der Waals surface area contributed by atoms with E-state index in [1.807, 2.05) is 4.90 Å². The highest BCUT2D eigenvalue weighted by atomic mass is 16.3. The van der Waals surface area contributed by atoms with E-state index in [2.05, 4.69) is 6.92 Å². The molecule has 0 bridgehead atoms. The first kappa shape index (κ1) is 21.8. The molecular formula is C18H39NO3. The van der Waals surface area contributed by atoms with Gasteiger partial charge in [0.15, 0.2) is 0 Å². The van der Waals surface area contributed by atoms with Crippen LogP contribution in [-0.2, 0) is 0 Å². The lowest BCUT2D eigenvalue weighted by molar-refractivity contribution is 0.0443. The Balaban J connectivity index is 3.69. The lowest BCUT2D eigenvalue weighted by Crippen LogP contribution is -2.41. The van der Waals surface area contributed by atoms with Gasteiger partial charge in [0.2, 0.25) is 0 Å². The Kier molecular flexibility index (Phi) is 14.3. The molecule has 134 valence electrons. The molecule has 0 spiro atoms. The predicted molar refractivity (Wildman–Crippen MR) is 93.0 cm³/mol. The van der Waals surface area contributed by atoms with E-state index in [9.17, 15) is 15.3 Å². The molecule has 0 fully saturated rings. The lowest BCUT2D eigenvalue weighted by atomic mass is 10.1. The molecule has 3 atom stereocenters. The van der Waals surface area contributed by atoms with Crippen molar-refractivity contribution in [2.24, 2.45) is 0 Å². The zero-order valence-corrected chi connectivity index (χ0v) is 15.0. The van der Waals surface area contributed by atoms with Crippen LogP contribution in [0.1, 0.15) is 78.6 Å². The van der Waals surface area contributed by atoms with Crippen molar-refractivity contribution in [2.45, 2.75) is 96.9 Å². The fraction of sp³-hybridized carbons (Fsp3) is 1.00. The predicted octanol–water partition coefficient (Wildman–Crippen LogP) is 2.94. The average Bonchev–Trinajstić information content (AvgIpc) is 2.40. The van der Waals surface area contributed by atoms with Gasteiger partial charge in [-0.15, -0.1) is 0 Å². The third-order valence-electron chi connectivity index (χ3n) is 3.90. The monoisotopic (exact) mass is 317 g/mol. The van der Waals surface area contributed by atoms with E-state index in [1.54, 1.807) is 13.8 Å². The smallest absolute Gasteiger partial charge is 0.0667 e. The summed E-state index contributed by atoms with van der Waals surface area (Å²) in [6.07, 6.45) is 9.74. The molecule has 3 N–H and O–H groups in total. The van der Waals surface area contributed by atoms with Crippen LogP contribution in [0.25, 0.3) is 0 Å². The van der Waals surface area contributed by atoms with E-state index in [4.69, 9.17) is 0 Å². The highest BCUT2D eigenvalue weighted by Crippen LogP contribution is 2.11. The van der Waals surface area contributed by atoms with Crippen molar-refractivity contribution >= 4 is 0 Å². The molecule has 0 unspecified atom stereocenters. The van der Waals surface area contributed by atoms with E-state index in [0.717, 1.165) is 12.8 Å². The number of nitrogens with zero attached hydrogens (tertiary/aromatic N) is 1. The van der Waals surface area contributed by atoms with Gasteiger partial charge in [-0.05, 0) is 20.3 Å². The SMILES string of the molecule is CCCCCCCCCC[C@H](O)CN(C[C@@H](C)O)C[C@@H](C)O. The Morgan fingerprint density at radius 3 is 1.59 bits per heavy atom. The van der Waals surface area contributed by atoms with Gasteiger partial charge in [0.05, 0.1) is 18.3 Å². The van der Waals surface area contributed by atoms with Crippen LogP contribution in [0.3, 0.4) is 0 Å². The summed E-state index contributed by atoms with van der Waals surface area (Å²) in [5.41, 5.74) is 0. The second-order valence-electron chi connectivity index (χ2n) is 6.83. The number of hydrogen-bond acceptors (Lipinski definition) is 4. The Bertz CT molecular complexity index is 224. The van der Waals surface area contributed by atoms with Crippen molar-refractivity contribution in [1.29, 1.82) is 0 Å². The van der Waals surface area contributed by atoms with Crippen LogP contribution in [-0.4, -0.2) is 58.2 Å². The molecule has 0 heterocycles. The molecule has 22 heavy (non-hydrogen) atoms. The molecule has 0 aliphatic carbocycles. The van der Waals surface area contributed by atoms with Gasteiger partial charge in [-0.25, -0.2) is 0 Å².